The highest BCUT2D eigenvalue weighted by molar-refractivity contribution is 9.10. The third-order valence-electron chi connectivity index (χ3n) is 1.90. The average molecular weight is 287 g/mol. The van der Waals surface area contributed by atoms with E-state index in [1.54, 1.807) is 24.3 Å². The van der Waals surface area contributed by atoms with Crippen molar-refractivity contribution in [2.24, 2.45) is 0 Å². The monoisotopic (exact) mass is 286 g/mol. The molecule has 0 aliphatic carbocycles. The van der Waals surface area contributed by atoms with Gasteiger partial charge in [0, 0.05) is 26.0 Å². The van der Waals surface area contributed by atoms with E-state index in [0.717, 1.165) is 10.9 Å². The molecule has 1 aromatic heterocycles. The van der Waals surface area contributed by atoms with Crippen LogP contribution in [0.25, 0.3) is 0 Å². The Balaban J connectivity index is 2.48. The molecule has 0 bridgehead atoms. The Kier molecular flexibility index (Phi) is 5.18. The zero-order valence-corrected chi connectivity index (χ0v) is 11.0. The molecule has 6 heteroatoms. The van der Waals surface area contributed by atoms with Gasteiger partial charge in [-0.05, 0) is 22.4 Å². The number of carbonyl (C=O) groups is 1. The maximum Gasteiger partial charge on any atom is 0.239 e. The minimum absolute atomic E-state index is 0.0177. The highest BCUT2D eigenvalue weighted by Gasteiger charge is 2.08. The average Bonchev–Trinajstić information content (AvgIpc) is 2.27. The molecule has 1 N–H and O–H groups in total. The van der Waals surface area contributed by atoms with Gasteiger partial charge in [0.1, 0.15) is 0 Å². The van der Waals surface area contributed by atoms with Gasteiger partial charge >= 0.3 is 0 Å². The summed E-state index contributed by atoms with van der Waals surface area (Å²) in [6, 6.07) is 0. The largest absolute Gasteiger partial charge is 0.355 e. The number of hydrogen-bond acceptors (Lipinski definition) is 4. The highest BCUT2D eigenvalue weighted by atomic mass is 79.9. The molecule has 88 valence electrons. The van der Waals surface area contributed by atoms with Gasteiger partial charge in [0.15, 0.2) is 0 Å². The second-order valence-corrected chi connectivity index (χ2v) is 4.32. The first-order valence-electron chi connectivity index (χ1n) is 5.09. The topological polar surface area (TPSA) is 58.1 Å². The second kappa shape index (κ2) is 6.42. The van der Waals surface area contributed by atoms with Crippen molar-refractivity contribution in [1.29, 1.82) is 0 Å². The van der Waals surface area contributed by atoms with Crippen LogP contribution >= 0.6 is 15.9 Å². The van der Waals surface area contributed by atoms with Gasteiger partial charge in [-0.1, -0.05) is 6.92 Å². The lowest BCUT2D eigenvalue weighted by atomic mass is 10.4. The van der Waals surface area contributed by atoms with Crippen molar-refractivity contribution >= 4 is 27.8 Å². The van der Waals surface area contributed by atoms with E-state index in [-0.39, 0.29) is 12.5 Å². The lowest BCUT2D eigenvalue weighted by Crippen LogP contribution is -2.36. The summed E-state index contributed by atoms with van der Waals surface area (Å²) in [6.45, 7) is 2.98. The standard InChI is InChI=1S/C10H15BrN4O/c1-3-4-12-9(16)7-15(2)10-13-5-8(11)6-14-10/h5-6H,3-4,7H2,1-2H3,(H,12,16). The van der Waals surface area contributed by atoms with Crippen LogP contribution in [0.15, 0.2) is 16.9 Å². The Labute approximate surface area is 103 Å². The molecule has 1 aromatic rings. The fraction of sp³-hybridized carbons (Fsp3) is 0.500. The number of rotatable bonds is 5. The van der Waals surface area contributed by atoms with Crippen molar-refractivity contribution in [2.75, 3.05) is 25.0 Å². The van der Waals surface area contributed by atoms with Gasteiger partial charge in [-0.2, -0.15) is 0 Å². The summed E-state index contributed by atoms with van der Waals surface area (Å²) in [7, 11) is 1.79. The number of anilines is 1. The predicted molar refractivity (Wildman–Crippen MR) is 66.3 cm³/mol. The van der Waals surface area contributed by atoms with E-state index in [2.05, 4.69) is 31.2 Å². The van der Waals surface area contributed by atoms with Gasteiger partial charge in [-0.15, -0.1) is 0 Å². The summed E-state index contributed by atoms with van der Waals surface area (Å²) in [4.78, 5) is 21.3. The van der Waals surface area contributed by atoms with Crippen molar-refractivity contribution in [3.63, 3.8) is 0 Å². The quantitative estimate of drug-likeness (QED) is 0.884. The van der Waals surface area contributed by atoms with Crippen molar-refractivity contribution in [3.05, 3.63) is 16.9 Å². The third kappa shape index (κ3) is 4.14. The molecular weight excluding hydrogens is 272 g/mol. The van der Waals surface area contributed by atoms with Crippen LogP contribution in [-0.4, -0.2) is 36.0 Å². The summed E-state index contributed by atoms with van der Waals surface area (Å²) in [5.41, 5.74) is 0. The summed E-state index contributed by atoms with van der Waals surface area (Å²) < 4.78 is 0.820. The molecule has 0 saturated heterocycles. The number of hydrogen-bond donors (Lipinski definition) is 1. The van der Waals surface area contributed by atoms with Crippen LogP contribution in [-0.2, 0) is 4.79 Å². The molecule has 0 fully saturated rings. The molecule has 0 aliphatic rings. The van der Waals surface area contributed by atoms with Crippen molar-refractivity contribution in [3.8, 4) is 0 Å². The van der Waals surface area contributed by atoms with Crippen LogP contribution in [0.2, 0.25) is 0 Å². The number of nitrogens with zero attached hydrogens (tertiary/aromatic N) is 3. The van der Waals surface area contributed by atoms with E-state index in [1.165, 1.54) is 0 Å². The Morgan fingerprint density at radius 2 is 2.12 bits per heavy atom. The summed E-state index contributed by atoms with van der Waals surface area (Å²) >= 11 is 3.26. The van der Waals surface area contributed by atoms with Crippen LogP contribution in [0.1, 0.15) is 13.3 Å². The fourth-order valence-corrected chi connectivity index (χ4v) is 1.31. The Morgan fingerprint density at radius 1 is 1.50 bits per heavy atom. The minimum Gasteiger partial charge on any atom is -0.355 e. The molecule has 1 heterocycles. The van der Waals surface area contributed by atoms with E-state index >= 15 is 0 Å². The Bertz CT molecular complexity index is 341. The molecule has 0 atom stereocenters. The molecule has 5 nitrogen and oxygen atoms in total. The molecule has 16 heavy (non-hydrogen) atoms. The first kappa shape index (κ1) is 12.9. The van der Waals surface area contributed by atoms with Crippen molar-refractivity contribution < 1.29 is 4.79 Å². The molecule has 1 amide bonds. The molecule has 0 spiro atoms. The maximum absolute atomic E-state index is 11.4. The zero-order valence-electron chi connectivity index (χ0n) is 9.40. The molecule has 0 unspecified atom stereocenters. The van der Waals surface area contributed by atoms with E-state index < -0.39 is 0 Å². The third-order valence-corrected chi connectivity index (χ3v) is 2.31. The van der Waals surface area contributed by atoms with E-state index in [1.807, 2.05) is 6.92 Å². The summed E-state index contributed by atoms with van der Waals surface area (Å²) in [6.07, 6.45) is 4.25. The summed E-state index contributed by atoms with van der Waals surface area (Å²) in [5, 5.41) is 2.80. The lowest BCUT2D eigenvalue weighted by Gasteiger charge is -2.15. The minimum atomic E-state index is -0.0177. The number of halogens is 1. The van der Waals surface area contributed by atoms with Crippen LogP contribution in [0.4, 0.5) is 5.95 Å². The SMILES string of the molecule is CCCNC(=O)CN(C)c1ncc(Br)cn1. The number of amides is 1. The molecule has 0 aliphatic heterocycles. The first-order valence-corrected chi connectivity index (χ1v) is 5.88. The molecule has 0 aromatic carbocycles. The molecule has 0 saturated carbocycles. The first-order chi connectivity index (χ1) is 7.63. The van der Waals surface area contributed by atoms with Gasteiger partial charge in [-0.3, -0.25) is 4.79 Å². The van der Waals surface area contributed by atoms with Crippen molar-refractivity contribution in [2.45, 2.75) is 13.3 Å². The van der Waals surface area contributed by atoms with Gasteiger partial charge in [-0.25, -0.2) is 9.97 Å². The fourth-order valence-electron chi connectivity index (χ4n) is 1.11. The van der Waals surface area contributed by atoms with Crippen LogP contribution in [0.5, 0.6) is 0 Å². The van der Waals surface area contributed by atoms with E-state index in [9.17, 15) is 4.79 Å². The van der Waals surface area contributed by atoms with E-state index in [4.69, 9.17) is 0 Å². The summed E-state index contributed by atoms with van der Waals surface area (Å²) in [5.74, 6) is 0.519. The zero-order chi connectivity index (χ0) is 12.0. The van der Waals surface area contributed by atoms with E-state index in [0.29, 0.717) is 12.5 Å². The normalized spacial score (nSPS) is 9.94. The lowest BCUT2D eigenvalue weighted by molar-refractivity contribution is -0.119. The second-order valence-electron chi connectivity index (χ2n) is 3.41. The molecule has 0 radical (unpaired) electrons. The Hall–Kier alpha value is -1.17. The van der Waals surface area contributed by atoms with Gasteiger partial charge in [0.05, 0.1) is 11.0 Å². The smallest absolute Gasteiger partial charge is 0.239 e. The van der Waals surface area contributed by atoms with Gasteiger partial charge < -0.3 is 10.2 Å². The molecular formula is C10H15BrN4O. The van der Waals surface area contributed by atoms with Crippen LogP contribution in [0.3, 0.4) is 0 Å². The number of aromatic nitrogens is 2. The predicted octanol–water partition coefficient (Wildman–Crippen LogP) is 1.20. The maximum atomic E-state index is 11.4. The van der Waals surface area contributed by atoms with Crippen LogP contribution in [0, 0.1) is 0 Å². The number of nitrogens with one attached hydrogen (secondary N) is 1. The van der Waals surface area contributed by atoms with Crippen LogP contribution < -0.4 is 10.2 Å². The Morgan fingerprint density at radius 3 is 2.69 bits per heavy atom. The highest BCUT2D eigenvalue weighted by Crippen LogP contribution is 2.09. The van der Waals surface area contributed by atoms with Gasteiger partial charge in [0.2, 0.25) is 11.9 Å². The van der Waals surface area contributed by atoms with Crippen molar-refractivity contribution in [1.82, 2.24) is 15.3 Å². The van der Waals surface area contributed by atoms with Gasteiger partial charge in [0.25, 0.3) is 0 Å². The molecule has 1 rings (SSSR count). The number of likely N-dealkylation sites (N-methyl/N-ethyl adjacent to an activating group) is 1. The number of carbonyl (C=O) groups excluding carboxylic acids is 1.